The van der Waals surface area contributed by atoms with Crippen molar-refractivity contribution in [2.24, 2.45) is 0 Å². The second kappa shape index (κ2) is 6.36. The van der Waals surface area contributed by atoms with E-state index in [1.54, 1.807) is 0 Å². The standard InChI is InChI=1S/C9H16O8/c10-1-4(2-11)16-9-8(15)7(14)6(13)5(3-12)17-9/h1,4-9,11-15H,2-3H2/t4-,5+,6+,7-,8+,9+/m0/s1. The SMILES string of the molecule is O=C[C@@H](CO)O[C@@H]1O[C@H](CO)[C@@H](O)[C@H](O)[C@H]1O. The Kier molecular flexibility index (Phi) is 5.40. The maximum atomic E-state index is 10.4. The van der Waals surface area contributed by atoms with Crippen molar-refractivity contribution in [1.29, 1.82) is 0 Å². The molecule has 6 atom stereocenters. The van der Waals surface area contributed by atoms with Gasteiger partial charge in [-0.1, -0.05) is 0 Å². The second-order valence-electron chi connectivity index (χ2n) is 3.69. The Bertz CT molecular complexity index is 245. The van der Waals surface area contributed by atoms with Gasteiger partial charge >= 0.3 is 0 Å². The van der Waals surface area contributed by atoms with E-state index in [-0.39, 0.29) is 0 Å². The van der Waals surface area contributed by atoms with Crippen LogP contribution in [0.3, 0.4) is 0 Å². The Morgan fingerprint density at radius 2 is 1.82 bits per heavy atom. The summed E-state index contributed by atoms with van der Waals surface area (Å²) in [6.07, 6.45) is -8.06. The van der Waals surface area contributed by atoms with E-state index in [9.17, 15) is 20.1 Å². The summed E-state index contributed by atoms with van der Waals surface area (Å²) in [6.45, 7) is -1.20. The van der Waals surface area contributed by atoms with Gasteiger partial charge in [0.1, 0.15) is 30.5 Å². The molecule has 0 aromatic rings. The van der Waals surface area contributed by atoms with Gasteiger partial charge in [0.2, 0.25) is 0 Å². The van der Waals surface area contributed by atoms with Crippen molar-refractivity contribution in [2.75, 3.05) is 13.2 Å². The summed E-state index contributed by atoms with van der Waals surface area (Å²) in [5.74, 6) is 0. The molecule has 1 heterocycles. The van der Waals surface area contributed by atoms with Crippen molar-refractivity contribution >= 4 is 6.29 Å². The van der Waals surface area contributed by atoms with Gasteiger partial charge in [0, 0.05) is 0 Å². The third-order valence-electron chi connectivity index (χ3n) is 2.49. The van der Waals surface area contributed by atoms with Crippen LogP contribution in [0.15, 0.2) is 0 Å². The highest BCUT2D eigenvalue weighted by Gasteiger charge is 2.44. The van der Waals surface area contributed by atoms with Crippen LogP contribution in [-0.2, 0) is 14.3 Å². The summed E-state index contributed by atoms with van der Waals surface area (Å²) in [4.78, 5) is 10.4. The topological polar surface area (TPSA) is 137 Å². The molecule has 0 radical (unpaired) electrons. The van der Waals surface area contributed by atoms with Crippen molar-refractivity contribution in [3.05, 3.63) is 0 Å². The van der Waals surface area contributed by atoms with E-state index in [0.29, 0.717) is 6.29 Å². The molecule has 0 aliphatic carbocycles. The number of carbonyl (C=O) groups excluding carboxylic acids is 1. The number of hydrogen-bond donors (Lipinski definition) is 5. The predicted octanol–water partition coefficient (Wildman–Crippen LogP) is -3.64. The molecule has 1 aliphatic heterocycles. The molecule has 8 heteroatoms. The van der Waals surface area contributed by atoms with Gasteiger partial charge in [0.05, 0.1) is 13.2 Å². The smallest absolute Gasteiger partial charge is 0.187 e. The fourth-order valence-corrected chi connectivity index (χ4v) is 1.47. The van der Waals surface area contributed by atoms with Crippen molar-refractivity contribution in [2.45, 2.75) is 36.8 Å². The van der Waals surface area contributed by atoms with Crippen LogP contribution in [0.25, 0.3) is 0 Å². The van der Waals surface area contributed by atoms with Crippen LogP contribution in [0.1, 0.15) is 0 Å². The average Bonchev–Trinajstić information content (AvgIpc) is 2.35. The van der Waals surface area contributed by atoms with E-state index in [0.717, 1.165) is 0 Å². The second-order valence-corrected chi connectivity index (χ2v) is 3.69. The Hall–Kier alpha value is -0.610. The van der Waals surface area contributed by atoms with E-state index < -0.39 is 50.0 Å². The van der Waals surface area contributed by atoms with Crippen molar-refractivity contribution in [3.8, 4) is 0 Å². The molecule has 0 aromatic carbocycles. The number of hydrogen-bond acceptors (Lipinski definition) is 8. The lowest BCUT2D eigenvalue weighted by molar-refractivity contribution is -0.309. The molecular weight excluding hydrogens is 236 g/mol. The molecule has 8 nitrogen and oxygen atoms in total. The zero-order valence-corrected chi connectivity index (χ0v) is 8.92. The molecule has 1 fully saturated rings. The fraction of sp³-hybridized carbons (Fsp3) is 0.889. The summed E-state index contributed by atoms with van der Waals surface area (Å²) in [5, 5.41) is 46.0. The van der Waals surface area contributed by atoms with E-state index in [2.05, 4.69) is 0 Å². The van der Waals surface area contributed by atoms with Gasteiger partial charge in [-0.05, 0) is 0 Å². The summed E-state index contributed by atoms with van der Waals surface area (Å²) in [6, 6.07) is 0. The lowest BCUT2D eigenvalue weighted by Gasteiger charge is -2.40. The molecule has 0 saturated carbocycles. The number of rotatable bonds is 5. The van der Waals surface area contributed by atoms with Crippen LogP contribution >= 0.6 is 0 Å². The Labute approximate surface area is 97.0 Å². The Balaban J connectivity index is 2.68. The first-order valence-corrected chi connectivity index (χ1v) is 5.07. The first kappa shape index (κ1) is 14.5. The Morgan fingerprint density at radius 3 is 2.29 bits per heavy atom. The number of aliphatic hydroxyl groups is 5. The first-order chi connectivity index (χ1) is 8.04. The summed E-state index contributed by atoms with van der Waals surface area (Å²) < 4.78 is 9.84. The molecule has 0 bridgehead atoms. The molecule has 1 rings (SSSR count). The molecule has 0 amide bonds. The van der Waals surface area contributed by atoms with Gasteiger partial charge in [-0.25, -0.2) is 0 Å². The molecule has 100 valence electrons. The lowest BCUT2D eigenvalue weighted by Crippen LogP contribution is -2.59. The lowest BCUT2D eigenvalue weighted by atomic mass is 9.99. The average molecular weight is 252 g/mol. The maximum Gasteiger partial charge on any atom is 0.187 e. The predicted molar refractivity (Wildman–Crippen MR) is 51.8 cm³/mol. The molecule has 5 N–H and O–H groups in total. The number of aldehydes is 1. The minimum atomic E-state index is -1.58. The van der Waals surface area contributed by atoms with Crippen LogP contribution in [0, 0.1) is 0 Å². The maximum absolute atomic E-state index is 10.4. The van der Waals surface area contributed by atoms with Crippen LogP contribution in [0.4, 0.5) is 0 Å². The van der Waals surface area contributed by atoms with E-state index in [1.165, 1.54) is 0 Å². The monoisotopic (exact) mass is 252 g/mol. The van der Waals surface area contributed by atoms with Crippen molar-refractivity contribution in [3.63, 3.8) is 0 Å². The van der Waals surface area contributed by atoms with Crippen LogP contribution < -0.4 is 0 Å². The molecule has 1 aliphatic rings. The van der Waals surface area contributed by atoms with Crippen molar-refractivity contribution < 1.29 is 39.8 Å². The van der Waals surface area contributed by atoms with Crippen LogP contribution in [-0.4, -0.2) is 81.8 Å². The summed E-state index contributed by atoms with van der Waals surface area (Å²) in [7, 11) is 0. The highest BCUT2D eigenvalue weighted by Crippen LogP contribution is 2.22. The number of carbonyl (C=O) groups is 1. The van der Waals surface area contributed by atoms with Crippen LogP contribution in [0.2, 0.25) is 0 Å². The van der Waals surface area contributed by atoms with Gasteiger partial charge in [0.25, 0.3) is 0 Å². The van der Waals surface area contributed by atoms with Gasteiger partial charge in [-0.2, -0.15) is 0 Å². The minimum Gasteiger partial charge on any atom is -0.394 e. The third-order valence-corrected chi connectivity index (χ3v) is 2.49. The molecule has 0 unspecified atom stereocenters. The van der Waals surface area contributed by atoms with Gasteiger partial charge in [-0.15, -0.1) is 0 Å². The molecule has 17 heavy (non-hydrogen) atoms. The molecular formula is C9H16O8. The minimum absolute atomic E-state index is 0.307. The zero-order chi connectivity index (χ0) is 13.0. The highest BCUT2D eigenvalue weighted by atomic mass is 16.7. The zero-order valence-electron chi connectivity index (χ0n) is 8.92. The van der Waals surface area contributed by atoms with Gasteiger partial charge in [-0.3, -0.25) is 0 Å². The normalized spacial score (nSPS) is 39.9. The molecule has 1 saturated heterocycles. The first-order valence-electron chi connectivity index (χ1n) is 5.07. The fourth-order valence-electron chi connectivity index (χ4n) is 1.47. The Morgan fingerprint density at radius 1 is 1.18 bits per heavy atom. The van der Waals surface area contributed by atoms with E-state index in [1.807, 2.05) is 0 Å². The molecule has 0 aromatic heterocycles. The van der Waals surface area contributed by atoms with Crippen molar-refractivity contribution in [1.82, 2.24) is 0 Å². The summed E-state index contributed by atoms with van der Waals surface area (Å²) >= 11 is 0. The summed E-state index contributed by atoms with van der Waals surface area (Å²) in [5.41, 5.74) is 0. The number of ether oxygens (including phenoxy) is 2. The van der Waals surface area contributed by atoms with Gasteiger partial charge in [0.15, 0.2) is 12.6 Å². The van der Waals surface area contributed by atoms with Gasteiger partial charge < -0.3 is 39.8 Å². The quantitative estimate of drug-likeness (QED) is 0.316. The van der Waals surface area contributed by atoms with E-state index >= 15 is 0 Å². The highest BCUT2D eigenvalue weighted by molar-refractivity contribution is 5.56. The van der Waals surface area contributed by atoms with Crippen LogP contribution in [0.5, 0.6) is 0 Å². The third kappa shape index (κ3) is 3.19. The molecule has 0 spiro atoms. The largest absolute Gasteiger partial charge is 0.394 e. The number of aliphatic hydroxyl groups excluding tert-OH is 5. The van der Waals surface area contributed by atoms with E-state index in [4.69, 9.17) is 19.7 Å².